The number of sulfone groups is 1. The number of ether oxygens (including phenoxy) is 1. The van der Waals surface area contributed by atoms with Crippen LogP contribution in [0.25, 0.3) is 0 Å². The standard InChI is InChI=1S/C22H26FNO4S/c1-3-17-8-10-18(11-9-17)14-24(19-12-13-29(26,27)15-19)22(25)16(2)28-21-7-5-4-6-20(21)23/h4-11,16,19H,3,12-15H2,1-2H3/t16-,19+/m0/s1. The highest BCUT2D eigenvalue weighted by Gasteiger charge is 2.36. The van der Waals surface area contributed by atoms with Gasteiger partial charge in [-0.1, -0.05) is 43.3 Å². The van der Waals surface area contributed by atoms with Gasteiger partial charge < -0.3 is 9.64 Å². The molecule has 3 rings (SSSR count). The number of rotatable bonds is 7. The van der Waals surface area contributed by atoms with Crippen molar-refractivity contribution in [3.05, 3.63) is 65.5 Å². The maximum Gasteiger partial charge on any atom is 0.263 e. The molecule has 0 radical (unpaired) electrons. The van der Waals surface area contributed by atoms with Crippen molar-refractivity contribution >= 4 is 15.7 Å². The number of amides is 1. The highest BCUT2D eigenvalue weighted by atomic mass is 32.2. The number of hydrogen-bond donors (Lipinski definition) is 0. The Morgan fingerprint density at radius 1 is 1.17 bits per heavy atom. The lowest BCUT2D eigenvalue weighted by Gasteiger charge is -2.31. The molecule has 0 saturated carbocycles. The lowest BCUT2D eigenvalue weighted by molar-refractivity contribution is -0.140. The summed E-state index contributed by atoms with van der Waals surface area (Å²) in [5, 5.41) is 0. The molecule has 0 bridgehead atoms. The van der Waals surface area contributed by atoms with E-state index in [1.54, 1.807) is 24.0 Å². The topological polar surface area (TPSA) is 63.7 Å². The zero-order valence-electron chi connectivity index (χ0n) is 16.7. The first kappa shape index (κ1) is 21.3. The number of nitrogens with zero attached hydrogens (tertiary/aromatic N) is 1. The van der Waals surface area contributed by atoms with Gasteiger partial charge in [-0.15, -0.1) is 0 Å². The van der Waals surface area contributed by atoms with Gasteiger partial charge in [-0.25, -0.2) is 12.8 Å². The van der Waals surface area contributed by atoms with Crippen molar-refractivity contribution in [3.8, 4) is 5.75 Å². The first-order valence-corrected chi connectivity index (χ1v) is 11.6. The minimum atomic E-state index is -3.16. The number of halogens is 1. The predicted molar refractivity (Wildman–Crippen MR) is 110 cm³/mol. The molecule has 5 nitrogen and oxygen atoms in total. The third-order valence-electron chi connectivity index (χ3n) is 5.20. The molecule has 0 N–H and O–H groups in total. The molecule has 1 aliphatic heterocycles. The third kappa shape index (κ3) is 5.35. The van der Waals surface area contributed by atoms with E-state index in [-0.39, 0.29) is 29.7 Å². The predicted octanol–water partition coefficient (Wildman–Crippen LogP) is 3.37. The van der Waals surface area contributed by atoms with Crippen LogP contribution in [-0.4, -0.2) is 42.9 Å². The van der Waals surface area contributed by atoms with E-state index in [0.717, 1.165) is 12.0 Å². The Bertz CT molecular complexity index is 959. The number of aryl methyl sites for hydroxylation is 1. The summed E-state index contributed by atoms with van der Waals surface area (Å²) in [7, 11) is -3.16. The number of para-hydroxylation sites is 1. The second-order valence-electron chi connectivity index (χ2n) is 7.38. The summed E-state index contributed by atoms with van der Waals surface area (Å²) >= 11 is 0. The van der Waals surface area contributed by atoms with Gasteiger partial charge in [-0.05, 0) is 43.0 Å². The fourth-order valence-corrected chi connectivity index (χ4v) is 5.23. The van der Waals surface area contributed by atoms with Gasteiger partial charge in [0.25, 0.3) is 5.91 Å². The maximum atomic E-state index is 13.9. The molecule has 1 amide bonds. The van der Waals surface area contributed by atoms with E-state index >= 15 is 0 Å². The van der Waals surface area contributed by atoms with Gasteiger partial charge in [0.2, 0.25) is 0 Å². The molecule has 7 heteroatoms. The third-order valence-corrected chi connectivity index (χ3v) is 6.95. The van der Waals surface area contributed by atoms with Gasteiger partial charge in [0, 0.05) is 12.6 Å². The van der Waals surface area contributed by atoms with Gasteiger partial charge in [0.15, 0.2) is 27.5 Å². The Labute approximate surface area is 171 Å². The van der Waals surface area contributed by atoms with Crippen LogP contribution in [0.3, 0.4) is 0 Å². The zero-order valence-corrected chi connectivity index (χ0v) is 17.5. The van der Waals surface area contributed by atoms with Crippen LogP contribution < -0.4 is 4.74 Å². The molecule has 1 aliphatic rings. The Morgan fingerprint density at radius 3 is 2.41 bits per heavy atom. The monoisotopic (exact) mass is 419 g/mol. The fourth-order valence-electron chi connectivity index (χ4n) is 3.50. The van der Waals surface area contributed by atoms with Crippen molar-refractivity contribution in [3.63, 3.8) is 0 Å². The molecule has 0 aromatic heterocycles. The lowest BCUT2D eigenvalue weighted by Crippen LogP contribution is -2.46. The van der Waals surface area contributed by atoms with Crippen molar-refractivity contribution in [1.82, 2.24) is 4.90 Å². The van der Waals surface area contributed by atoms with Gasteiger partial charge >= 0.3 is 0 Å². The number of benzene rings is 2. The van der Waals surface area contributed by atoms with Gasteiger partial charge in [-0.3, -0.25) is 4.79 Å². The van der Waals surface area contributed by atoms with Crippen LogP contribution in [0.4, 0.5) is 4.39 Å². The molecule has 1 saturated heterocycles. The first-order valence-electron chi connectivity index (χ1n) is 9.79. The van der Waals surface area contributed by atoms with E-state index in [0.29, 0.717) is 6.42 Å². The van der Waals surface area contributed by atoms with Crippen molar-refractivity contribution in [2.24, 2.45) is 0 Å². The normalized spacial score (nSPS) is 18.9. The Kier molecular flexibility index (Phi) is 6.57. The molecule has 0 unspecified atom stereocenters. The Hall–Kier alpha value is -2.41. The summed E-state index contributed by atoms with van der Waals surface area (Å²) in [6.45, 7) is 3.91. The molecule has 0 aliphatic carbocycles. The molecular weight excluding hydrogens is 393 g/mol. The molecule has 2 aromatic carbocycles. The summed E-state index contributed by atoms with van der Waals surface area (Å²) in [6, 6.07) is 13.4. The van der Waals surface area contributed by atoms with E-state index in [9.17, 15) is 17.6 Å². The molecule has 156 valence electrons. The molecule has 29 heavy (non-hydrogen) atoms. The summed E-state index contributed by atoms with van der Waals surface area (Å²) < 4.78 is 43.4. The van der Waals surface area contributed by atoms with E-state index in [2.05, 4.69) is 6.92 Å². The lowest BCUT2D eigenvalue weighted by atomic mass is 10.1. The summed E-state index contributed by atoms with van der Waals surface area (Å²) in [5.74, 6) is -0.886. The average molecular weight is 420 g/mol. The highest BCUT2D eigenvalue weighted by Crippen LogP contribution is 2.23. The van der Waals surface area contributed by atoms with Gasteiger partial charge in [-0.2, -0.15) is 0 Å². The summed E-state index contributed by atoms with van der Waals surface area (Å²) in [5.41, 5.74) is 2.10. The van der Waals surface area contributed by atoms with Gasteiger partial charge in [0.1, 0.15) is 0 Å². The largest absolute Gasteiger partial charge is 0.478 e. The second-order valence-corrected chi connectivity index (χ2v) is 9.61. The van der Waals surface area contributed by atoms with Crippen LogP contribution in [0, 0.1) is 5.82 Å². The average Bonchev–Trinajstić information content (AvgIpc) is 3.07. The highest BCUT2D eigenvalue weighted by molar-refractivity contribution is 7.91. The molecule has 1 heterocycles. The Morgan fingerprint density at radius 2 is 1.83 bits per heavy atom. The Balaban J connectivity index is 1.81. The van der Waals surface area contributed by atoms with E-state index in [1.807, 2.05) is 24.3 Å². The van der Waals surface area contributed by atoms with E-state index in [4.69, 9.17) is 4.74 Å². The number of hydrogen-bond acceptors (Lipinski definition) is 4. The molecule has 0 spiro atoms. The summed E-state index contributed by atoms with van der Waals surface area (Å²) in [6.07, 6.45) is 0.371. The van der Waals surface area contributed by atoms with Crippen LogP contribution in [-0.2, 0) is 27.6 Å². The number of carbonyl (C=O) groups is 1. The minimum absolute atomic E-state index is 0.000331. The zero-order chi connectivity index (χ0) is 21.0. The SMILES string of the molecule is CCc1ccc(CN(C(=O)[C@H](C)Oc2ccccc2F)[C@@H]2CCS(=O)(=O)C2)cc1. The second kappa shape index (κ2) is 8.95. The molecule has 2 atom stereocenters. The van der Waals surface area contributed by atoms with Crippen LogP contribution in [0.15, 0.2) is 48.5 Å². The van der Waals surface area contributed by atoms with Gasteiger partial charge in [0.05, 0.1) is 11.5 Å². The van der Waals surface area contributed by atoms with Crippen LogP contribution in [0.5, 0.6) is 5.75 Å². The molecule has 2 aromatic rings. The minimum Gasteiger partial charge on any atom is -0.478 e. The van der Waals surface area contributed by atoms with Crippen molar-refractivity contribution in [1.29, 1.82) is 0 Å². The first-order chi connectivity index (χ1) is 13.8. The smallest absolute Gasteiger partial charge is 0.263 e. The van der Waals surface area contributed by atoms with Crippen LogP contribution >= 0.6 is 0 Å². The van der Waals surface area contributed by atoms with Crippen LogP contribution in [0.2, 0.25) is 0 Å². The van der Waals surface area contributed by atoms with Crippen molar-refractivity contribution in [2.75, 3.05) is 11.5 Å². The maximum absolute atomic E-state index is 13.9. The number of carbonyl (C=O) groups excluding carboxylic acids is 1. The van der Waals surface area contributed by atoms with Crippen LogP contribution in [0.1, 0.15) is 31.4 Å². The van der Waals surface area contributed by atoms with Crippen molar-refractivity contribution in [2.45, 2.75) is 45.4 Å². The molecular formula is C22H26FNO4S. The van der Waals surface area contributed by atoms with E-state index in [1.165, 1.54) is 17.7 Å². The quantitative estimate of drug-likeness (QED) is 0.690. The summed E-state index contributed by atoms with van der Waals surface area (Å²) in [4.78, 5) is 14.7. The van der Waals surface area contributed by atoms with Crippen molar-refractivity contribution < 1.29 is 22.3 Å². The fraction of sp³-hybridized carbons (Fsp3) is 0.409. The van der Waals surface area contributed by atoms with E-state index < -0.39 is 27.8 Å². The molecule has 1 fully saturated rings.